The molecule has 0 aliphatic rings. The van der Waals surface area contributed by atoms with E-state index in [0.717, 1.165) is 5.56 Å². The highest BCUT2D eigenvalue weighted by atomic mass is 19.1. The summed E-state index contributed by atoms with van der Waals surface area (Å²) in [4.78, 5) is 0. The van der Waals surface area contributed by atoms with E-state index >= 15 is 0 Å². The van der Waals surface area contributed by atoms with Crippen molar-refractivity contribution in [3.05, 3.63) is 29.8 Å². The molecule has 0 amide bonds. The molecule has 1 unspecified atom stereocenters. The van der Waals surface area contributed by atoms with Crippen LogP contribution in [0.3, 0.4) is 0 Å². The van der Waals surface area contributed by atoms with Crippen LogP contribution in [0.15, 0.2) is 24.3 Å². The van der Waals surface area contributed by atoms with Crippen LogP contribution in [0, 0.1) is 5.92 Å². The van der Waals surface area contributed by atoms with Crippen molar-refractivity contribution in [1.82, 2.24) is 0 Å². The second-order valence-corrected chi connectivity index (χ2v) is 3.63. The first-order valence-corrected chi connectivity index (χ1v) is 4.57. The minimum Gasteiger partial charge on any atom is -0.398 e. The zero-order valence-corrected chi connectivity index (χ0v) is 8.13. The van der Waals surface area contributed by atoms with Crippen molar-refractivity contribution < 1.29 is 4.39 Å². The van der Waals surface area contributed by atoms with Crippen molar-refractivity contribution in [2.45, 2.75) is 19.8 Å². The number of anilines is 1. The molecule has 0 spiro atoms. The molecule has 1 nitrogen and oxygen atoms in total. The number of halogens is 1. The summed E-state index contributed by atoms with van der Waals surface area (Å²) >= 11 is 0. The molecule has 1 rings (SSSR count). The largest absolute Gasteiger partial charge is 0.398 e. The first-order chi connectivity index (χ1) is 6.16. The third-order valence-electron chi connectivity index (χ3n) is 2.37. The van der Waals surface area contributed by atoms with Crippen LogP contribution in [0.4, 0.5) is 10.1 Å². The van der Waals surface area contributed by atoms with Gasteiger partial charge in [-0.1, -0.05) is 32.0 Å². The summed E-state index contributed by atoms with van der Waals surface area (Å²) in [7, 11) is 0. The van der Waals surface area contributed by atoms with Gasteiger partial charge < -0.3 is 5.73 Å². The van der Waals surface area contributed by atoms with E-state index in [1.54, 1.807) is 0 Å². The minimum atomic E-state index is -0.341. The molecule has 1 aromatic rings. The van der Waals surface area contributed by atoms with Crippen molar-refractivity contribution in [2.75, 3.05) is 12.4 Å². The number of alkyl halides is 1. The molecule has 0 fully saturated rings. The van der Waals surface area contributed by atoms with E-state index in [9.17, 15) is 4.39 Å². The molecule has 0 bridgehead atoms. The minimum absolute atomic E-state index is 0.0683. The van der Waals surface area contributed by atoms with Gasteiger partial charge in [0.05, 0.1) is 6.67 Å². The second kappa shape index (κ2) is 4.26. The van der Waals surface area contributed by atoms with E-state index < -0.39 is 0 Å². The third-order valence-corrected chi connectivity index (χ3v) is 2.37. The van der Waals surface area contributed by atoms with E-state index in [1.165, 1.54) is 0 Å². The lowest BCUT2D eigenvalue weighted by Crippen LogP contribution is -2.10. The zero-order valence-electron chi connectivity index (χ0n) is 8.13. The number of rotatable bonds is 3. The Morgan fingerprint density at radius 3 is 2.38 bits per heavy atom. The molecule has 0 saturated heterocycles. The van der Waals surface area contributed by atoms with Crippen molar-refractivity contribution in [3.8, 4) is 0 Å². The Kier molecular flexibility index (Phi) is 3.29. The fourth-order valence-electron chi connectivity index (χ4n) is 1.47. The van der Waals surface area contributed by atoms with Crippen LogP contribution < -0.4 is 5.73 Å². The summed E-state index contributed by atoms with van der Waals surface area (Å²) < 4.78 is 12.7. The topological polar surface area (TPSA) is 26.0 Å². The summed E-state index contributed by atoms with van der Waals surface area (Å²) in [6.07, 6.45) is 0. The fourth-order valence-corrected chi connectivity index (χ4v) is 1.47. The Balaban J connectivity index is 2.97. The molecule has 0 aliphatic heterocycles. The first-order valence-electron chi connectivity index (χ1n) is 4.57. The Labute approximate surface area is 78.8 Å². The van der Waals surface area contributed by atoms with Crippen LogP contribution in [0.5, 0.6) is 0 Å². The molecule has 72 valence electrons. The summed E-state index contributed by atoms with van der Waals surface area (Å²) in [5.74, 6) is 0.218. The van der Waals surface area contributed by atoms with Gasteiger partial charge in [0.15, 0.2) is 0 Å². The standard InChI is InChI=1S/C11H16FN/c1-8(2)10(7-12)9-5-3-4-6-11(9)13/h3-6,8,10H,7,13H2,1-2H3. The molecule has 13 heavy (non-hydrogen) atoms. The predicted molar refractivity (Wildman–Crippen MR) is 54.4 cm³/mol. The lowest BCUT2D eigenvalue weighted by atomic mass is 9.89. The molecule has 0 aromatic heterocycles. The van der Waals surface area contributed by atoms with Crippen molar-refractivity contribution in [3.63, 3.8) is 0 Å². The van der Waals surface area contributed by atoms with Crippen molar-refractivity contribution >= 4 is 5.69 Å². The predicted octanol–water partition coefficient (Wildman–Crippen LogP) is 2.98. The molecule has 0 heterocycles. The SMILES string of the molecule is CC(C)C(CF)c1ccccc1N. The second-order valence-electron chi connectivity index (χ2n) is 3.63. The monoisotopic (exact) mass is 181 g/mol. The molecule has 0 radical (unpaired) electrons. The molecular formula is C11H16FN. The van der Waals surface area contributed by atoms with Gasteiger partial charge in [0.2, 0.25) is 0 Å². The highest BCUT2D eigenvalue weighted by Crippen LogP contribution is 2.28. The van der Waals surface area contributed by atoms with Crippen molar-refractivity contribution in [2.24, 2.45) is 5.92 Å². The maximum absolute atomic E-state index is 12.7. The highest BCUT2D eigenvalue weighted by Gasteiger charge is 2.17. The number of nitrogen functional groups attached to an aromatic ring is 1. The molecule has 1 atom stereocenters. The van der Waals surface area contributed by atoms with E-state index in [0.29, 0.717) is 5.69 Å². The molecule has 2 heteroatoms. The maximum Gasteiger partial charge on any atom is 0.0966 e. The summed E-state index contributed by atoms with van der Waals surface area (Å²) in [6.45, 7) is 3.68. The van der Waals surface area contributed by atoms with Gasteiger partial charge in [-0.05, 0) is 17.5 Å². The summed E-state index contributed by atoms with van der Waals surface area (Å²) in [5.41, 5.74) is 7.39. The van der Waals surface area contributed by atoms with Crippen LogP contribution in [-0.4, -0.2) is 6.67 Å². The Bertz CT molecular complexity index is 271. The normalized spacial score (nSPS) is 13.2. The van der Waals surface area contributed by atoms with Gasteiger partial charge in [-0.3, -0.25) is 4.39 Å². The number of benzene rings is 1. The van der Waals surface area contributed by atoms with Crippen LogP contribution in [0.1, 0.15) is 25.3 Å². The lowest BCUT2D eigenvalue weighted by molar-refractivity contribution is 0.366. The van der Waals surface area contributed by atoms with Crippen LogP contribution in [-0.2, 0) is 0 Å². The first kappa shape index (κ1) is 10.0. The summed E-state index contributed by atoms with van der Waals surface area (Å²) in [5, 5.41) is 0. The quantitative estimate of drug-likeness (QED) is 0.713. The molecule has 0 saturated carbocycles. The van der Waals surface area contributed by atoms with E-state index in [4.69, 9.17) is 5.73 Å². The summed E-state index contributed by atoms with van der Waals surface area (Å²) in [6, 6.07) is 7.49. The van der Waals surface area contributed by atoms with Gasteiger partial charge in [-0.2, -0.15) is 0 Å². The van der Waals surface area contributed by atoms with Crippen molar-refractivity contribution in [1.29, 1.82) is 0 Å². The number of hydrogen-bond donors (Lipinski definition) is 1. The van der Waals surface area contributed by atoms with Gasteiger partial charge in [-0.15, -0.1) is 0 Å². The van der Waals surface area contributed by atoms with Gasteiger partial charge in [0.25, 0.3) is 0 Å². The number of nitrogens with two attached hydrogens (primary N) is 1. The molecule has 0 aliphatic carbocycles. The average Bonchev–Trinajstić information content (AvgIpc) is 2.09. The Morgan fingerprint density at radius 1 is 1.31 bits per heavy atom. The molecule has 2 N–H and O–H groups in total. The van der Waals surface area contributed by atoms with E-state index in [1.807, 2.05) is 38.1 Å². The number of para-hydroxylation sites is 1. The van der Waals surface area contributed by atoms with E-state index in [-0.39, 0.29) is 18.5 Å². The fraction of sp³-hybridized carbons (Fsp3) is 0.455. The smallest absolute Gasteiger partial charge is 0.0966 e. The molecular weight excluding hydrogens is 165 g/mol. The Morgan fingerprint density at radius 2 is 1.92 bits per heavy atom. The van der Waals surface area contributed by atoms with Gasteiger partial charge in [-0.25, -0.2) is 0 Å². The zero-order chi connectivity index (χ0) is 9.84. The Hall–Kier alpha value is -1.05. The van der Waals surface area contributed by atoms with E-state index in [2.05, 4.69) is 0 Å². The average molecular weight is 181 g/mol. The highest BCUT2D eigenvalue weighted by molar-refractivity contribution is 5.48. The van der Waals surface area contributed by atoms with Crippen LogP contribution in [0.25, 0.3) is 0 Å². The maximum atomic E-state index is 12.7. The molecule has 1 aromatic carbocycles. The van der Waals surface area contributed by atoms with Crippen LogP contribution in [0.2, 0.25) is 0 Å². The van der Waals surface area contributed by atoms with Crippen LogP contribution >= 0.6 is 0 Å². The lowest BCUT2D eigenvalue weighted by Gasteiger charge is -2.19. The van der Waals surface area contributed by atoms with Gasteiger partial charge in [0, 0.05) is 11.6 Å². The number of hydrogen-bond acceptors (Lipinski definition) is 1. The van der Waals surface area contributed by atoms with Gasteiger partial charge in [0.1, 0.15) is 0 Å². The third kappa shape index (κ3) is 2.20. The van der Waals surface area contributed by atoms with Gasteiger partial charge >= 0.3 is 0 Å².